The van der Waals surface area contributed by atoms with Crippen LogP contribution in [0.3, 0.4) is 0 Å². The van der Waals surface area contributed by atoms with Gasteiger partial charge in [-0.05, 0) is 64.3 Å². The van der Waals surface area contributed by atoms with Crippen LogP contribution in [-0.2, 0) is 11.2 Å². The van der Waals surface area contributed by atoms with Crippen LogP contribution in [0.4, 0.5) is 14.9 Å². The van der Waals surface area contributed by atoms with Crippen LogP contribution in [0.2, 0.25) is 0 Å². The highest BCUT2D eigenvalue weighted by atomic mass is 19.1. The van der Waals surface area contributed by atoms with E-state index in [1.165, 1.54) is 12.1 Å². The lowest BCUT2D eigenvalue weighted by Gasteiger charge is -2.20. The Morgan fingerprint density at radius 1 is 1.45 bits per heavy atom. The summed E-state index contributed by atoms with van der Waals surface area (Å²) >= 11 is 0. The van der Waals surface area contributed by atoms with Gasteiger partial charge in [0.25, 0.3) is 0 Å². The van der Waals surface area contributed by atoms with Gasteiger partial charge >= 0.3 is 6.09 Å². The summed E-state index contributed by atoms with van der Waals surface area (Å²) in [6.07, 6.45) is 0.669. The average Bonchev–Trinajstić information content (AvgIpc) is 2.27. The van der Waals surface area contributed by atoms with Gasteiger partial charge in [-0.2, -0.15) is 0 Å². The maximum Gasteiger partial charge on any atom is 0.412 e. The van der Waals surface area contributed by atoms with Gasteiger partial charge in [-0.3, -0.25) is 5.32 Å². The molecule has 5 heteroatoms. The Bertz CT molecular complexity index is 467. The van der Waals surface area contributed by atoms with E-state index in [0.29, 0.717) is 24.1 Å². The lowest BCUT2D eigenvalue weighted by molar-refractivity contribution is 0.0636. The first-order valence-corrected chi connectivity index (χ1v) is 6.71. The van der Waals surface area contributed by atoms with Crippen molar-refractivity contribution in [1.29, 1.82) is 0 Å². The first-order valence-electron chi connectivity index (χ1n) is 6.71. The fourth-order valence-electron chi connectivity index (χ4n) is 1.65. The summed E-state index contributed by atoms with van der Waals surface area (Å²) in [6, 6.07) is 4.47. The number of carbonyl (C=O) groups is 1. The minimum atomic E-state index is -0.568. The highest BCUT2D eigenvalue weighted by molar-refractivity contribution is 5.84. The molecule has 1 amide bonds. The molecule has 0 aliphatic heterocycles. The third-order valence-corrected chi connectivity index (χ3v) is 2.56. The number of nitrogens with two attached hydrogens (primary N) is 1. The van der Waals surface area contributed by atoms with Gasteiger partial charge in [0, 0.05) is 11.7 Å². The van der Waals surface area contributed by atoms with Gasteiger partial charge in [0.15, 0.2) is 0 Å². The molecule has 4 nitrogen and oxygen atoms in total. The quantitative estimate of drug-likeness (QED) is 0.889. The molecular weight excluding hydrogens is 259 g/mol. The van der Waals surface area contributed by atoms with Gasteiger partial charge in [-0.1, -0.05) is 0 Å². The summed E-state index contributed by atoms with van der Waals surface area (Å²) in [4.78, 5) is 11.6. The zero-order valence-corrected chi connectivity index (χ0v) is 12.5. The van der Waals surface area contributed by atoms with Crippen LogP contribution in [-0.4, -0.2) is 17.7 Å². The predicted octanol–water partition coefficient (Wildman–Crippen LogP) is 3.45. The van der Waals surface area contributed by atoms with Crippen molar-refractivity contribution in [2.45, 2.75) is 52.2 Å². The highest BCUT2D eigenvalue weighted by Gasteiger charge is 2.16. The lowest BCUT2D eigenvalue weighted by Crippen LogP contribution is -2.27. The van der Waals surface area contributed by atoms with Gasteiger partial charge < -0.3 is 10.5 Å². The Hall–Kier alpha value is -1.62. The molecule has 1 atom stereocenters. The number of nitrogens with one attached hydrogen (secondary N) is 1. The largest absolute Gasteiger partial charge is 0.444 e. The highest BCUT2D eigenvalue weighted by Crippen LogP contribution is 2.18. The van der Waals surface area contributed by atoms with Gasteiger partial charge in [-0.15, -0.1) is 0 Å². The molecule has 112 valence electrons. The monoisotopic (exact) mass is 282 g/mol. The Kier molecular flexibility index (Phi) is 5.51. The van der Waals surface area contributed by atoms with Crippen LogP contribution < -0.4 is 11.1 Å². The molecule has 3 N–H and O–H groups in total. The van der Waals surface area contributed by atoms with Crippen LogP contribution in [0.1, 0.15) is 39.7 Å². The topological polar surface area (TPSA) is 64.3 Å². The van der Waals surface area contributed by atoms with E-state index in [1.54, 1.807) is 26.8 Å². The normalized spacial score (nSPS) is 12.9. The SMILES string of the molecule is C[C@H](N)CCc1cc(NC(=O)OC(C)(C)C)ccc1F. The van der Waals surface area contributed by atoms with Gasteiger partial charge in [0.1, 0.15) is 11.4 Å². The molecule has 0 fully saturated rings. The molecule has 0 radical (unpaired) electrons. The number of hydrogen-bond acceptors (Lipinski definition) is 3. The van der Waals surface area contributed by atoms with E-state index in [4.69, 9.17) is 10.5 Å². The molecule has 0 aliphatic carbocycles. The standard InChI is InChI=1S/C15H23FN2O2/c1-10(17)5-6-11-9-12(7-8-13(11)16)18-14(19)20-15(2,3)4/h7-10H,5-6,17H2,1-4H3,(H,18,19)/t10-/m0/s1. The molecule has 20 heavy (non-hydrogen) atoms. The van der Waals surface area contributed by atoms with Crippen molar-refractivity contribution < 1.29 is 13.9 Å². The number of halogens is 1. The maximum atomic E-state index is 13.6. The third kappa shape index (κ3) is 6.02. The molecule has 0 saturated heterocycles. The number of carbonyl (C=O) groups excluding carboxylic acids is 1. The summed E-state index contributed by atoms with van der Waals surface area (Å²) in [5.41, 5.74) is 6.15. The number of rotatable bonds is 4. The zero-order chi connectivity index (χ0) is 15.3. The number of anilines is 1. The second-order valence-electron chi connectivity index (χ2n) is 5.95. The molecule has 0 saturated carbocycles. The summed E-state index contributed by atoms with van der Waals surface area (Å²) in [6.45, 7) is 7.22. The van der Waals surface area contributed by atoms with E-state index >= 15 is 0 Å². The smallest absolute Gasteiger partial charge is 0.412 e. The first-order chi connectivity index (χ1) is 9.17. The molecule has 0 unspecified atom stereocenters. The Balaban J connectivity index is 2.72. The van der Waals surface area contributed by atoms with Crippen molar-refractivity contribution in [1.82, 2.24) is 0 Å². The lowest BCUT2D eigenvalue weighted by atomic mass is 10.1. The second kappa shape index (κ2) is 6.70. The molecule has 1 aromatic carbocycles. The minimum Gasteiger partial charge on any atom is -0.444 e. The molecule has 0 aliphatic rings. The molecule has 0 bridgehead atoms. The third-order valence-electron chi connectivity index (χ3n) is 2.56. The number of aryl methyl sites for hydroxylation is 1. The number of benzene rings is 1. The van der Waals surface area contributed by atoms with Crippen LogP contribution in [0.5, 0.6) is 0 Å². The number of hydrogen-bond donors (Lipinski definition) is 2. The van der Waals surface area contributed by atoms with Crippen LogP contribution in [0, 0.1) is 5.82 Å². The minimum absolute atomic E-state index is 0.0110. The van der Waals surface area contributed by atoms with Crippen molar-refractivity contribution in [2.24, 2.45) is 5.73 Å². The van der Waals surface area contributed by atoms with Crippen LogP contribution >= 0.6 is 0 Å². The second-order valence-corrected chi connectivity index (χ2v) is 5.95. The van der Waals surface area contributed by atoms with Crippen molar-refractivity contribution in [3.8, 4) is 0 Å². The van der Waals surface area contributed by atoms with Crippen LogP contribution in [0.25, 0.3) is 0 Å². The Morgan fingerprint density at radius 2 is 2.10 bits per heavy atom. The van der Waals surface area contributed by atoms with Crippen molar-refractivity contribution in [3.05, 3.63) is 29.6 Å². The molecule has 0 spiro atoms. The van der Waals surface area contributed by atoms with E-state index in [0.717, 1.165) is 0 Å². The van der Waals surface area contributed by atoms with E-state index in [1.807, 2.05) is 6.92 Å². The Labute approximate surface area is 119 Å². The molecular formula is C15H23FN2O2. The summed E-state index contributed by atoms with van der Waals surface area (Å²) in [5, 5.41) is 2.59. The average molecular weight is 282 g/mol. The van der Waals surface area contributed by atoms with E-state index in [2.05, 4.69) is 5.32 Å². The van der Waals surface area contributed by atoms with Gasteiger partial charge in [0.05, 0.1) is 0 Å². The number of ether oxygens (including phenoxy) is 1. The van der Waals surface area contributed by atoms with Crippen molar-refractivity contribution in [3.63, 3.8) is 0 Å². The van der Waals surface area contributed by atoms with Gasteiger partial charge in [0.2, 0.25) is 0 Å². The predicted molar refractivity (Wildman–Crippen MR) is 78.2 cm³/mol. The molecule has 0 aromatic heterocycles. The van der Waals surface area contributed by atoms with Crippen molar-refractivity contribution in [2.75, 3.05) is 5.32 Å². The fraction of sp³-hybridized carbons (Fsp3) is 0.533. The van der Waals surface area contributed by atoms with Crippen LogP contribution in [0.15, 0.2) is 18.2 Å². The van der Waals surface area contributed by atoms with Crippen molar-refractivity contribution >= 4 is 11.8 Å². The molecule has 1 aromatic rings. The fourth-order valence-corrected chi connectivity index (χ4v) is 1.65. The van der Waals surface area contributed by atoms with Gasteiger partial charge in [-0.25, -0.2) is 9.18 Å². The summed E-state index contributed by atoms with van der Waals surface area (Å²) in [7, 11) is 0. The maximum absolute atomic E-state index is 13.6. The Morgan fingerprint density at radius 3 is 2.65 bits per heavy atom. The first kappa shape index (κ1) is 16.4. The molecule has 0 heterocycles. The molecule has 1 rings (SSSR count). The zero-order valence-electron chi connectivity index (χ0n) is 12.5. The van der Waals surface area contributed by atoms with E-state index in [9.17, 15) is 9.18 Å². The summed E-state index contributed by atoms with van der Waals surface area (Å²) in [5.74, 6) is -0.291. The number of amides is 1. The summed E-state index contributed by atoms with van der Waals surface area (Å²) < 4.78 is 18.8. The van der Waals surface area contributed by atoms with E-state index < -0.39 is 11.7 Å². The van der Waals surface area contributed by atoms with E-state index in [-0.39, 0.29) is 11.9 Å².